The monoisotopic (exact) mass is 230 g/mol. The van der Waals surface area contributed by atoms with Crippen LogP contribution in [-0.2, 0) is 0 Å². The van der Waals surface area contributed by atoms with Gasteiger partial charge in [0.2, 0.25) is 5.95 Å². The number of pyridine rings is 1. The van der Waals surface area contributed by atoms with Gasteiger partial charge in [-0.25, -0.2) is 4.52 Å². The first-order valence-electron chi connectivity index (χ1n) is 6.39. The molecular formula is C13H18N4. The third-order valence-electron chi connectivity index (χ3n) is 3.61. The van der Waals surface area contributed by atoms with Crippen LogP contribution in [0.15, 0.2) is 18.2 Å². The second-order valence-electron chi connectivity index (χ2n) is 4.88. The molecule has 0 amide bonds. The molecule has 1 fully saturated rings. The van der Waals surface area contributed by atoms with Gasteiger partial charge in [0, 0.05) is 12.2 Å². The van der Waals surface area contributed by atoms with E-state index in [-0.39, 0.29) is 0 Å². The summed E-state index contributed by atoms with van der Waals surface area (Å²) in [7, 11) is 0. The molecule has 4 heteroatoms. The SMILES string of the molecule is Cc1cccc2nc(NCCC3CCC3)nn12. The number of nitrogens with zero attached hydrogens (tertiary/aromatic N) is 3. The fraction of sp³-hybridized carbons (Fsp3) is 0.538. The molecule has 0 radical (unpaired) electrons. The van der Waals surface area contributed by atoms with Crippen molar-refractivity contribution in [2.24, 2.45) is 5.92 Å². The highest BCUT2D eigenvalue weighted by molar-refractivity contribution is 5.44. The van der Waals surface area contributed by atoms with Gasteiger partial charge in [0.05, 0.1) is 0 Å². The van der Waals surface area contributed by atoms with Gasteiger partial charge in [0.25, 0.3) is 0 Å². The predicted molar refractivity (Wildman–Crippen MR) is 68.2 cm³/mol. The lowest BCUT2D eigenvalue weighted by Crippen LogP contribution is -2.16. The molecule has 90 valence electrons. The van der Waals surface area contributed by atoms with E-state index < -0.39 is 0 Å². The highest BCUT2D eigenvalue weighted by Crippen LogP contribution is 2.28. The second kappa shape index (κ2) is 4.35. The van der Waals surface area contributed by atoms with Crippen molar-refractivity contribution in [3.63, 3.8) is 0 Å². The summed E-state index contributed by atoms with van der Waals surface area (Å²) in [5, 5.41) is 7.76. The van der Waals surface area contributed by atoms with E-state index in [0.29, 0.717) is 0 Å². The van der Waals surface area contributed by atoms with Crippen molar-refractivity contribution in [3.05, 3.63) is 23.9 Å². The van der Waals surface area contributed by atoms with Crippen LogP contribution in [0.1, 0.15) is 31.4 Å². The lowest BCUT2D eigenvalue weighted by atomic mass is 9.83. The van der Waals surface area contributed by atoms with E-state index in [2.05, 4.69) is 15.4 Å². The molecule has 1 aliphatic carbocycles. The lowest BCUT2D eigenvalue weighted by molar-refractivity contribution is 0.303. The van der Waals surface area contributed by atoms with Crippen LogP contribution >= 0.6 is 0 Å². The summed E-state index contributed by atoms with van der Waals surface area (Å²) >= 11 is 0. The van der Waals surface area contributed by atoms with E-state index in [1.165, 1.54) is 25.7 Å². The van der Waals surface area contributed by atoms with E-state index in [1.807, 2.05) is 29.6 Å². The minimum Gasteiger partial charge on any atom is -0.353 e. The van der Waals surface area contributed by atoms with Crippen molar-refractivity contribution in [2.75, 3.05) is 11.9 Å². The van der Waals surface area contributed by atoms with Crippen LogP contribution < -0.4 is 5.32 Å². The van der Waals surface area contributed by atoms with Crippen molar-refractivity contribution in [1.29, 1.82) is 0 Å². The maximum atomic E-state index is 4.45. The molecule has 1 saturated carbocycles. The zero-order valence-electron chi connectivity index (χ0n) is 10.2. The molecule has 2 heterocycles. The maximum absolute atomic E-state index is 4.45. The molecule has 17 heavy (non-hydrogen) atoms. The number of aromatic nitrogens is 3. The molecule has 1 aliphatic rings. The molecule has 0 spiro atoms. The van der Waals surface area contributed by atoms with Crippen molar-refractivity contribution >= 4 is 11.6 Å². The number of hydrogen-bond acceptors (Lipinski definition) is 3. The van der Waals surface area contributed by atoms with Crippen LogP contribution in [-0.4, -0.2) is 21.1 Å². The smallest absolute Gasteiger partial charge is 0.243 e. The quantitative estimate of drug-likeness (QED) is 0.878. The van der Waals surface area contributed by atoms with E-state index in [0.717, 1.165) is 29.8 Å². The Kier molecular flexibility index (Phi) is 2.71. The number of anilines is 1. The first-order chi connectivity index (χ1) is 8.33. The minimum atomic E-state index is 0.749. The first kappa shape index (κ1) is 10.6. The Morgan fingerprint density at radius 2 is 2.29 bits per heavy atom. The van der Waals surface area contributed by atoms with E-state index in [9.17, 15) is 0 Å². The molecule has 2 aromatic rings. The Labute approximate surface area is 101 Å². The summed E-state index contributed by atoms with van der Waals surface area (Å²) in [5.74, 6) is 1.68. The van der Waals surface area contributed by atoms with Gasteiger partial charge in [-0.2, -0.15) is 4.98 Å². The van der Waals surface area contributed by atoms with Crippen LogP contribution in [0.4, 0.5) is 5.95 Å². The highest BCUT2D eigenvalue weighted by Gasteiger charge is 2.16. The molecule has 1 N–H and O–H groups in total. The fourth-order valence-electron chi connectivity index (χ4n) is 2.28. The van der Waals surface area contributed by atoms with E-state index in [1.54, 1.807) is 0 Å². The van der Waals surface area contributed by atoms with Crippen molar-refractivity contribution in [2.45, 2.75) is 32.6 Å². The van der Waals surface area contributed by atoms with Gasteiger partial charge < -0.3 is 5.32 Å². The van der Waals surface area contributed by atoms with Crippen LogP contribution in [0.3, 0.4) is 0 Å². The van der Waals surface area contributed by atoms with Gasteiger partial charge in [-0.15, -0.1) is 5.10 Å². The maximum Gasteiger partial charge on any atom is 0.243 e. The van der Waals surface area contributed by atoms with Crippen LogP contribution in [0, 0.1) is 12.8 Å². The standard InChI is InChI=1S/C13H18N4/c1-10-4-2-7-12-15-13(16-17(10)12)14-9-8-11-5-3-6-11/h2,4,7,11H,3,5-6,8-9H2,1H3,(H,14,16). The third-order valence-corrected chi connectivity index (χ3v) is 3.61. The Hall–Kier alpha value is -1.58. The van der Waals surface area contributed by atoms with Gasteiger partial charge >= 0.3 is 0 Å². The van der Waals surface area contributed by atoms with Gasteiger partial charge in [-0.3, -0.25) is 0 Å². The minimum absolute atomic E-state index is 0.749. The Morgan fingerprint density at radius 3 is 3.00 bits per heavy atom. The molecule has 4 nitrogen and oxygen atoms in total. The number of aryl methyl sites for hydroxylation is 1. The molecular weight excluding hydrogens is 212 g/mol. The summed E-state index contributed by atoms with van der Waals surface area (Å²) in [6.45, 7) is 3.03. The first-order valence-corrected chi connectivity index (χ1v) is 6.39. The van der Waals surface area contributed by atoms with Gasteiger partial charge in [-0.05, 0) is 31.4 Å². The Bertz CT molecular complexity index is 513. The topological polar surface area (TPSA) is 42.2 Å². The Balaban J connectivity index is 1.66. The average molecular weight is 230 g/mol. The van der Waals surface area contributed by atoms with E-state index >= 15 is 0 Å². The normalized spacial score (nSPS) is 16.1. The van der Waals surface area contributed by atoms with Gasteiger partial charge in [0.15, 0.2) is 5.65 Å². The van der Waals surface area contributed by atoms with Crippen LogP contribution in [0.2, 0.25) is 0 Å². The summed E-state index contributed by atoms with van der Waals surface area (Å²) in [4.78, 5) is 4.45. The predicted octanol–water partition coefficient (Wildman–Crippen LogP) is 2.64. The zero-order valence-corrected chi connectivity index (χ0v) is 10.2. The second-order valence-corrected chi connectivity index (χ2v) is 4.88. The fourth-order valence-corrected chi connectivity index (χ4v) is 2.28. The largest absolute Gasteiger partial charge is 0.353 e. The molecule has 3 rings (SSSR count). The van der Waals surface area contributed by atoms with Gasteiger partial charge in [0.1, 0.15) is 0 Å². The summed E-state index contributed by atoms with van der Waals surface area (Å²) in [5.41, 5.74) is 2.03. The average Bonchev–Trinajstić information content (AvgIpc) is 2.66. The molecule has 0 saturated heterocycles. The van der Waals surface area contributed by atoms with Crippen molar-refractivity contribution < 1.29 is 0 Å². The molecule has 0 aliphatic heterocycles. The summed E-state index contributed by atoms with van der Waals surface area (Å²) in [6.07, 6.45) is 5.46. The van der Waals surface area contributed by atoms with Gasteiger partial charge in [-0.1, -0.05) is 25.3 Å². The molecule has 0 aromatic carbocycles. The van der Waals surface area contributed by atoms with Crippen molar-refractivity contribution in [1.82, 2.24) is 14.6 Å². The van der Waals surface area contributed by atoms with Crippen LogP contribution in [0.25, 0.3) is 5.65 Å². The van der Waals surface area contributed by atoms with Crippen LogP contribution in [0.5, 0.6) is 0 Å². The third kappa shape index (κ3) is 2.12. The number of fused-ring (bicyclic) bond motifs is 1. The number of nitrogens with one attached hydrogen (secondary N) is 1. The lowest BCUT2D eigenvalue weighted by Gasteiger charge is -2.24. The molecule has 2 aromatic heterocycles. The number of hydrogen-bond donors (Lipinski definition) is 1. The summed E-state index contributed by atoms with van der Waals surface area (Å²) in [6, 6.07) is 6.04. The van der Waals surface area contributed by atoms with Crippen molar-refractivity contribution in [3.8, 4) is 0 Å². The summed E-state index contributed by atoms with van der Waals surface area (Å²) < 4.78 is 1.88. The molecule has 0 bridgehead atoms. The Morgan fingerprint density at radius 1 is 1.41 bits per heavy atom. The number of rotatable bonds is 4. The highest BCUT2D eigenvalue weighted by atomic mass is 15.3. The van der Waals surface area contributed by atoms with E-state index in [4.69, 9.17) is 0 Å². The molecule has 0 unspecified atom stereocenters. The zero-order chi connectivity index (χ0) is 11.7. The molecule has 0 atom stereocenters.